The molecule has 6 heteroatoms. The molecule has 0 aliphatic rings. The van der Waals surface area contributed by atoms with Crippen LogP contribution < -0.4 is 5.32 Å². The second kappa shape index (κ2) is 7.07. The van der Waals surface area contributed by atoms with Gasteiger partial charge in [0.15, 0.2) is 5.82 Å². The van der Waals surface area contributed by atoms with Crippen molar-refractivity contribution in [2.24, 2.45) is 0 Å². The average Bonchev–Trinajstić information content (AvgIpc) is 2.98. The van der Waals surface area contributed by atoms with E-state index in [2.05, 4.69) is 48.0 Å². The third-order valence-corrected chi connectivity index (χ3v) is 3.51. The van der Waals surface area contributed by atoms with Crippen LogP contribution in [-0.4, -0.2) is 27.4 Å². The number of imidazole rings is 1. The Balaban J connectivity index is 1.53. The van der Waals surface area contributed by atoms with E-state index in [9.17, 15) is 4.79 Å². The molecule has 1 aromatic carbocycles. The Hall–Kier alpha value is -2.65. The minimum absolute atomic E-state index is 0.230. The fourth-order valence-corrected chi connectivity index (χ4v) is 2.39. The Morgan fingerprint density at radius 3 is 3.00 bits per heavy atom. The van der Waals surface area contributed by atoms with Gasteiger partial charge in [0.2, 0.25) is 0 Å². The first-order valence-corrected chi connectivity index (χ1v) is 7.84. The first kappa shape index (κ1) is 15.3. The number of hydrogen-bond acceptors (Lipinski definition) is 3. The summed E-state index contributed by atoms with van der Waals surface area (Å²) in [6.45, 7) is 0.463. The number of benzene rings is 1. The highest BCUT2D eigenvalue weighted by Gasteiger charge is 2.09. The predicted molar refractivity (Wildman–Crippen MR) is 91.9 cm³/mol. The van der Waals surface area contributed by atoms with E-state index in [1.165, 1.54) is 0 Å². The molecule has 2 N–H and O–H groups in total. The van der Waals surface area contributed by atoms with Crippen LogP contribution in [0.1, 0.15) is 22.6 Å². The molecule has 0 saturated carbocycles. The highest BCUT2D eigenvalue weighted by Crippen LogP contribution is 2.10. The third kappa shape index (κ3) is 3.96. The predicted octanol–water partition coefficient (Wildman–Crippen LogP) is 2.89. The van der Waals surface area contributed by atoms with Gasteiger partial charge in [0.25, 0.3) is 5.91 Å². The molecule has 2 aromatic heterocycles. The number of fused-ring (bicyclic) bond motifs is 1. The molecule has 0 aliphatic carbocycles. The first-order valence-electron chi connectivity index (χ1n) is 7.05. The van der Waals surface area contributed by atoms with Gasteiger partial charge in [-0.2, -0.15) is 0 Å². The van der Waals surface area contributed by atoms with Gasteiger partial charge < -0.3 is 10.3 Å². The van der Waals surface area contributed by atoms with Gasteiger partial charge >= 0.3 is 0 Å². The zero-order chi connectivity index (χ0) is 16.1. The van der Waals surface area contributed by atoms with E-state index in [-0.39, 0.29) is 5.91 Å². The zero-order valence-corrected chi connectivity index (χ0v) is 13.7. The van der Waals surface area contributed by atoms with Gasteiger partial charge in [0.05, 0.1) is 11.0 Å². The molecule has 0 atom stereocenters. The second-order valence-corrected chi connectivity index (χ2v) is 5.72. The van der Waals surface area contributed by atoms with Crippen LogP contribution in [0.3, 0.4) is 0 Å². The van der Waals surface area contributed by atoms with Crippen molar-refractivity contribution in [1.82, 2.24) is 20.3 Å². The highest BCUT2D eigenvalue weighted by atomic mass is 79.9. The SMILES string of the molecule is O=C(NCCC#Cc1cncc(Br)c1)c1nc2ccccc2[nH]1. The smallest absolute Gasteiger partial charge is 0.287 e. The number of carbonyl (C=O) groups is 1. The number of halogens is 1. The Morgan fingerprint density at radius 2 is 2.17 bits per heavy atom. The number of aromatic amines is 1. The topological polar surface area (TPSA) is 70.7 Å². The highest BCUT2D eigenvalue weighted by molar-refractivity contribution is 9.10. The molecular weight excluding hydrogens is 356 g/mol. The molecule has 114 valence electrons. The van der Waals surface area contributed by atoms with Gasteiger partial charge in [-0.15, -0.1) is 0 Å². The molecule has 0 spiro atoms. The fourth-order valence-electron chi connectivity index (χ4n) is 2.03. The maximum atomic E-state index is 12.0. The standard InChI is InChI=1S/C17H13BrN4O/c18-13-9-12(10-19-11-13)5-3-4-8-20-17(23)16-21-14-6-1-2-7-15(14)22-16/h1-2,6-7,9-11H,4,8H2,(H,20,23)(H,21,22). The molecule has 2 heterocycles. The van der Waals surface area contributed by atoms with E-state index in [1.54, 1.807) is 12.4 Å². The van der Waals surface area contributed by atoms with Crippen molar-refractivity contribution in [3.05, 3.63) is 58.6 Å². The monoisotopic (exact) mass is 368 g/mol. The first-order chi connectivity index (χ1) is 11.2. The summed E-state index contributed by atoms with van der Waals surface area (Å²) in [5.41, 5.74) is 2.46. The molecule has 0 unspecified atom stereocenters. The van der Waals surface area contributed by atoms with E-state index in [4.69, 9.17) is 0 Å². The average molecular weight is 369 g/mol. The van der Waals surface area contributed by atoms with Crippen molar-refractivity contribution in [1.29, 1.82) is 0 Å². The molecular formula is C17H13BrN4O. The summed E-state index contributed by atoms with van der Waals surface area (Å²) < 4.78 is 0.891. The molecule has 3 aromatic rings. The maximum Gasteiger partial charge on any atom is 0.287 e. The van der Waals surface area contributed by atoms with Gasteiger partial charge in [0, 0.05) is 35.4 Å². The van der Waals surface area contributed by atoms with Crippen LogP contribution in [0.25, 0.3) is 11.0 Å². The lowest BCUT2D eigenvalue weighted by Gasteiger charge is -1.98. The summed E-state index contributed by atoms with van der Waals surface area (Å²) in [4.78, 5) is 23.3. The van der Waals surface area contributed by atoms with Crippen LogP contribution in [0, 0.1) is 11.8 Å². The molecule has 3 rings (SSSR count). The lowest BCUT2D eigenvalue weighted by atomic mass is 10.3. The van der Waals surface area contributed by atoms with Crippen molar-refractivity contribution in [2.45, 2.75) is 6.42 Å². The van der Waals surface area contributed by atoms with E-state index < -0.39 is 0 Å². The van der Waals surface area contributed by atoms with Crippen LogP contribution in [0.5, 0.6) is 0 Å². The quantitative estimate of drug-likeness (QED) is 0.551. The van der Waals surface area contributed by atoms with Gasteiger partial charge in [-0.05, 0) is 34.1 Å². The molecule has 0 saturated heterocycles. The maximum absolute atomic E-state index is 12.0. The van der Waals surface area contributed by atoms with Crippen LogP contribution in [0.4, 0.5) is 0 Å². The minimum Gasteiger partial charge on any atom is -0.348 e. The normalized spacial score (nSPS) is 10.1. The molecule has 1 amide bonds. The van der Waals surface area contributed by atoms with Crippen LogP contribution in [-0.2, 0) is 0 Å². The molecule has 0 fully saturated rings. The number of amides is 1. The van der Waals surface area contributed by atoms with Crippen LogP contribution >= 0.6 is 15.9 Å². The van der Waals surface area contributed by atoms with Gasteiger partial charge in [0.1, 0.15) is 0 Å². The number of nitrogens with one attached hydrogen (secondary N) is 2. The molecule has 0 aliphatic heterocycles. The third-order valence-electron chi connectivity index (χ3n) is 3.08. The van der Waals surface area contributed by atoms with Crippen LogP contribution in [0.2, 0.25) is 0 Å². The summed E-state index contributed by atoms with van der Waals surface area (Å²) in [6, 6.07) is 9.43. The van der Waals surface area contributed by atoms with Gasteiger partial charge in [-0.3, -0.25) is 9.78 Å². The second-order valence-electron chi connectivity index (χ2n) is 4.80. The minimum atomic E-state index is -0.230. The van der Waals surface area contributed by atoms with Crippen molar-refractivity contribution in [3.8, 4) is 11.8 Å². The summed E-state index contributed by atoms with van der Waals surface area (Å²) >= 11 is 3.35. The number of aromatic nitrogens is 3. The molecule has 0 radical (unpaired) electrons. The summed E-state index contributed by atoms with van der Waals surface area (Å²) in [5, 5.41) is 2.80. The Labute approximate surface area is 141 Å². The Morgan fingerprint density at radius 1 is 1.30 bits per heavy atom. The molecule has 0 bridgehead atoms. The largest absolute Gasteiger partial charge is 0.348 e. The number of nitrogens with zero attached hydrogens (tertiary/aromatic N) is 2. The van der Waals surface area contributed by atoms with E-state index >= 15 is 0 Å². The fraction of sp³-hybridized carbons (Fsp3) is 0.118. The van der Waals surface area contributed by atoms with Crippen LogP contribution in [0.15, 0.2) is 47.2 Å². The molecule has 5 nitrogen and oxygen atoms in total. The number of carbonyl (C=O) groups excluding carboxylic acids is 1. The number of pyridine rings is 1. The molecule has 23 heavy (non-hydrogen) atoms. The lowest BCUT2D eigenvalue weighted by Crippen LogP contribution is -2.25. The number of para-hydroxylation sites is 2. The van der Waals surface area contributed by atoms with Crippen molar-refractivity contribution >= 4 is 32.9 Å². The van der Waals surface area contributed by atoms with Crippen molar-refractivity contribution in [3.63, 3.8) is 0 Å². The number of hydrogen-bond donors (Lipinski definition) is 2. The summed E-state index contributed by atoms with van der Waals surface area (Å²) in [5.74, 6) is 6.10. The Kier molecular flexibility index (Phi) is 4.69. The number of rotatable bonds is 3. The van der Waals surface area contributed by atoms with E-state index in [0.717, 1.165) is 21.1 Å². The number of H-pyrrole nitrogens is 1. The van der Waals surface area contributed by atoms with Crippen molar-refractivity contribution in [2.75, 3.05) is 6.54 Å². The summed E-state index contributed by atoms with van der Waals surface area (Å²) in [6.07, 6.45) is 3.96. The van der Waals surface area contributed by atoms with Crippen molar-refractivity contribution < 1.29 is 4.79 Å². The van der Waals surface area contributed by atoms with E-state index in [1.807, 2.05) is 30.3 Å². The van der Waals surface area contributed by atoms with E-state index in [0.29, 0.717) is 18.8 Å². The van der Waals surface area contributed by atoms with Gasteiger partial charge in [-0.1, -0.05) is 24.0 Å². The zero-order valence-electron chi connectivity index (χ0n) is 12.1. The summed E-state index contributed by atoms with van der Waals surface area (Å²) in [7, 11) is 0. The van der Waals surface area contributed by atoms with Gasteiger partial charge in [-0.25, -0.2) is 4.98 Å². The Bertz CT molecular complexity index is 874. The lowest BCUT2D eigenvalue weighted by molar-refractivity contribution is 0.0945.